The lowest BCUT2D eigenvalue weighted by atomic mass is 10.3. The number of aromatic nitrogens is 2. The van der Waals surface area contributed by atoms with Crippen LogP contribution in [0.25, 0.3) is 11.0 Å². The summed E-state index contributed by atoms with van der Waals surface area (Å²) in [7, 11) is 0. The Labute approximate surface area is 166 Å². The van der Waals surface area contributed by atoms with E-state index in [0.717, 1.165) is 11.0 Å². The molecule has 3 rings (SSSR count). The smallest absolute Gasteiger partial charge is 0.203 e. The van der Waals surface area contributed by atoms with Crippen LogP contribution in [0.1, 0.15) is 0 Å². The molecule has 4 nitrogen and oxygen atoms in total. The fraction of sp³-hybridized carbons (Fsp3) is 0.167. The van der Waals surface area contributed by atoms with E-state index in [1.54, 1.807) is 24.3 Å². The molecule has 0 amide bonds. The average Bonchev–Trinajstić information content (AvgIpc) is 2.83. The van der Waals surface area contributed by atoms with Gasteiger partial charge in [-0.1, -0.05) is 41.4 Å². The number of hydrogen-bond donors (Lipinski definition) is 1. The van der Waals surface area contributed by atoms with Crippen LogP contribution in [0.4, 0.5) is 0 Å². The summed E-state index contributed by atoms with van der Waals surface area (Å²) in [6, 6.07) is 13.1. The lowest BCUT2D eigenvalue weighted by Gasteiger charge is -2.09. The lowest BCUT2D eigenvalue weighted by molar-refractivity contribution is -0.00000532. The van der Waals surface area contributed by atoms with Crippen LogP contribution in [0.15, 0.2) is 55.1 Å². The summed E-state index contributed by atoms with van der Waals surface area (Å²) in [4.78, 5) is 0. The molecule has 3 aromatic rings. The highest BCUT2D eigenvalue weighted by molar-refractivity contribution is 6.35. The predicted octanol–water partition coefficient (Wildman–Crippen LogP) is 1.50. The summed E-state index contributed by atoms with van der Waals surface area (Å²) in [6.45, 7) is 5.31. The third-order valence-corrected chi connectivity index (χ3v) is 4.28. The van der Waals surface area contributed by atoms with Crippen molar-refractivity contribution in [2.45, 2.75) is 13.1 Å². The van der Waals surface area contributed by atoms with Gasteiger partial charge in [0, 0.05) is 11.6 Å². The second kappa shape index (κ2) is 8.61. The largest absolute Gasteiger partial charge is 1.00 e. The molecule has 1 N–H and O–H groups in total. The molecule has 0 aliphatic rings. The zero-order chi connectivity index (χ0) is 17.1. The van der Waals surface area contributed by atoms with Crippen LogP contribution < -0.4 is 27.3 Å². The van der Waals surface area contributed by atoms with E-state index in [9.17, 15) is 0 Å². The Hall–Kier alpha value is -1.69. The number of nitrogens with one attached hydrogen (secondary N) is 1. The molecule has 1 aromatic heterocycles. The molecule has 0 fully saturated rings. The molecular formula is C18H17BrCl2N3O-. The van der Waals surface area contributed by atoms with Gasteiger partial charge in [-0.25, -0.2) is 0 Å². The molecule has 25 heavy (non-hydrogen) atoms. The van der Waals surface area contributed by atoms with Gasteiger partial charge in [-0.05, 0) is 30.3 Å². The summed E-state index contributed by atoms with van der Waals surface area (Å²) in [5, 5.41) is 9.46. The SMILES string of the molecule is C=CCn1c(=N)n(CCOc2ccc(Cl)cc2Cl)c2ccccc21.[Br-]. The van der Waals surface area contributed by atoms with Gasteiger partial charge in [-0.2, -0.15) is 0 Å². The first kappa shape index (κ1) is 19.6. The summed E-state index contributed by atoms with van der Waals surface area (Å²) in [5.41, 5.74) is 2.42. The van der Waals surface area contributed by atoms with Crippen molar-refractivity contribution >= 4 is 34.2 Å². The number of nitrogens with zero attached hydrogens (tertiary/aromatic N) is 2. The van der Waals surface area contributed by atoms with Crippen LogP contribution >= 0.6 is 23.2 Å². The Morgan fingerprint density at radius 2 is 1.76 bits per heavy atom. The predicted molar refractivity (Wildman–Crippen MR) is 97.9 cm³/mol. The number of ether oxygens (including phenoxy) is 1. The minimum absolute atomic E-state index is 0. The molecule has 7 heteroatoms. The number of imidazole rings is 1. The van der Waals surface area contributed by atoms with Crippen molar-refractivity contribution < 1.29 is 21.7 Å². The van der Waals surface area contributed by atoms with Crippen molar-refractivity contribution in [2.75, 3.05) is 6.61 Å². The molecule has 0 saturated heterocycles. The first-order valence-corrected chi connectivity index (χ1v) is 8.29. The molecule has 0 spiro atoms. The second-order valence-electron chi connectivity index (χ2n) is 5.29. The van der Waals surface area contributed by atoms with E-state index in [1.807, 2.05) is 33.4 Å². The van der Waals surface area contributed by atoms with Gasteiger partial charge in [-0.3, -0.25) is 5.41 Å². The first-order valence-electron chi connectivity index (χ1n) is 7.53. The molecule has 0 aliphatic heterocycles. The molecule has 0 aliphatic carbocycles. The molecule has 0 radical (unpaired) electrons. The topological polar surface area (TPSA) is 42.9 Å². The maximum atomic E-state index is 8.41. The van der Waals surface area contributed by atoms with E-state index in [-0.39, 0.29) is 17.0 Å². The Morgan fingerprint density at radius 1 is 1.08 bits per heavy atom. The number of rotatable bonds is 6. The first-order chi connectivity index (χ1) is 11.6. The zero-order valence-corrected chi connectivity index (χ0v) is 16.5. The highest BCUT2D eigenvalue weighted by Crippen LogP contribution is 2.27. The van der Waals surface area contributed by atoms with Crippen LogP contribution in [0, 0.1) is 5.41 Å². The van der Waals surface area contributed by atoms with E-state index < -0.39 is 0 Å². The van der Waals surface area contributed by atoms with E-state index in [4.69, 9.17) is 33.3 Å². The quantitative estimate of drug-likeness (QED) is 0.578. The molecule has 0 bridgehead atoms. The van der Waals surface area contributed by atoms with Crippen LogP contribution in [-0.2, 0) is 13.1 Å². The highest BCUT2D eigenvalue weighted by atomic mass is 79.9. The number of allylic oxidation sites excluding steroid dienone is 1. The van der Waals surface area contributed by atoms with E-state index >= 15 is 0 Å². The Kier molecular flexibility index (Phi) is 6.76. The van der Waals surface area contributed by atoms with Gasteiger partial charge in [0.05, 0.1) is 22.6 Å². The fourth-order valence-electron chi connectivity index (χ4n) is 2.67. The van der Waals surface area contributed by atoms with Crippen molar-refractivity contribution in [3.63, 3.8) is 0 Å². The van der Waals surface area contributed by atoms with E-state index in [2.05, 4.69) is 6.58 Å². The van der Waals surface area contributed by atoms with Crippen LogP contribution in [0.5, 0.6) is 5.75 Å². The monoisotopic (exact) mass is 440 g/mol. The molecule has 2 aromatic carbocycles. The number of para-hydroxylation sites is 2. The molecule has 1 heterocycles. The Balaban J connectivity index is 0.00000225. The summed E-state index contributed by atoms with van der Waals surface area (Å²) >= 11 is 12.0. The van der Waals surface area contributed by atoms with Gasteiger partial charge in [0.2, 0.25) is 5.62 Å². The van der Waals surface area contributed by atoms with E-state index in [1.165, 1.54) is 0 Å². The standard InChI is InChI=1S/C18H17Cl2N3O.BrH/c1-2-9-22-15-5-3-4-6-16(15)23(18(22)21)10-11-24-17-8-7-13(19)12-14(17)20;/h2-8,12,21H,1,9-11H2;1H/p-1. The number of hydrogen-bond acceptors (Lipinski definition) is 2. The molecule has 0 atom stereocenters. The number of halogens is 3. The van der Waals surface area contributed by atoms with Gasteiger partial charge in [0.15, 0.2) is 0 Å². The van der Waals surface area contributed by atoms with Crippen molar-refractivity contribution in [3.05, 3.63) is 70.8 Å². The van der Waals surface area contributed by atoms with Crippen LogP contribution in [0.2, 0.25) is 10.0 Å². The number of fused-ring (bicyclic) bond motifs is 1. The van der Waals surface area contributed by atoms with Crippen molar-refractivity contribution in [3.8, 4) is 5.75 Å². The van der Waals surface area contributed by atoms with Gasteiger partial charge >= 0.3 is 0 Å². The van der Waals surface area contributed by atoms with Crippen molar-refractivity contribution in [2.24, 2.45) is 0 Å². The summed E-state index contributed by atoms with van der Waals surface area (Å²) < 4.78 is 9.58. The Bertz CT molecular complexity index is 949. The minimum atomic E-state index is 0. The van der Waals surface area contributed by atoms with Crippen molar-refractivity contribution in [1.82, 2.24) is 9.13 Å². The fourth-order valence-corrected chi connectivity index (χ4v) is 3.14. The molecule has 132 valence electrons. The van der Waals surface area contributed by atoms with Crippen LogP contribution in [0.3, 0.4) is 0 Å². The van der Waals surface area contributed by atoms with Gasteiger partial charge in [0.1, 0.15) is 12.4 Å². The third kappa shape index (κ3) is 4.11. The summed E-state index contributed by atoms with van der Waals surface area (Å²) in [5.74, 6) is 0.586. The average molecular weight is 442 g/mol. The molecular weight excluding hydrogens is 425 g/mol. The van der Waals surface area contributed by atoms with E-state index in [0.29, 0.717) is 41.1 Å². The summed E-state index contributed by atoms with van der Waals surface area (Å²) in [6.07, 6.45) is 1.79. The van der Waals surface area contributed by atoms with Gasteiger partial charge in [0.25, 0.3) is 0 Å². The zero-order valence-electron chi connectivity index (χ0n) is 13.4. The Morgan fingerprint density at radius 3 is 2.40 bits per heavy atom. The number of benzene rings is 2. The normalized spacial score (nSPS) is 10.5. The van der Waals surface area contributed by atoms with Crippen LogP contribution in [-0.4, -0.2) is 15.7 Å². The lowest BCUT2D eigenvalue weighted by Crippen LogP contribution is -3.00. The second-order valence-corrected chi connectivity index (χ2v) is 6.13. The van der Waals surface area contributed by atoms with Gasteiger partial charge in [-0.15, -0.1) is 6.58 Å². The van der Waals surface area contributed by atoms with Gasteiger partial charge < -0.3 is 30.9 Å². The minimum Gasteiger partial charge on any atom is -1.00 e. The molecule has 0 saturated carbocycles. The van der Waals surface area contributed by atoms with Crippen molar-refractivity contribution in [1.29, 1.82) is 5.41 Å². The third-order valence-electron chi connectivity index (χ3n) is 3.75. The molecule has 0 unspecified atom stereocenters. The highest BCUT2D eigenvalue weighted by Gasteiger charge is 2.10. The maximum Gasteiger partial charge on any atom is 0.203 e. The maximum absolute atomic E-state index is 8.41.